The van der Waals surface area contributed by atoms with E-state index in [0.717, 1.165) is 22.9 Å². The van der Waals surface area contributed by atoms with Gasteiger partial charge in [-0.25, -0.2) is 0 Å². The van der Waals surface area contributed by atoms with Crippen LogP contribution < -0.4 is 11.5 Å². The number of hydrogen-bond acceptors (Lipinski definition) is 2. The van der Waals surface area contributed by atoms with Crippen LogP contribution in [0.4, 0.5) is 0 Å². The molecule has 0 heterocycles. The molecule has 0 radical (unpaired) electrons. The molecule has 1 aromatic rings. The van der Waals surface area contributed by atoms with Crippen molar-refractivity contribution in [2.45, 2.75) is 39.2 Å². The van der Waals surface area contributed by atoms with Gasteiger partial charge in [-0.1, -0.05) is 22.0 Å². The summed E-state index contributed by atoms with van der Waals surface area (Å²) in [6.45, 7) is 4.09. The molecule has 17 heavy (non-hydrogen) atoms. The lowest BCUT2D eigenvalue weighted by molar-refractivity contribution is -0.118. The van der Waals surface area contributed by atoms with Crippen LogP contribution in [-0.4, -0.2) is 5.91 Å². The minimum atomic E-state index is -0.263. The summed E-state index contributed by atoms with van der Waals surface area (Å²) in [5.74, 6) is -0.263. The first-order chi connectivity index (χ1) is 7.91. The number of rotatable bonds is 5. The lowest BCUT2D eigenvalue weighted by Crippen LogP contribution is -2.15. The molecule has 1 unspecified atom stereocenters. The van der Waals surface area contributed by atoms with Crippen molar-refractivity contribution in [3.05, 3.63) is 33.3 Å². The Morgan fingerprint density at radius 1 is 1.35 bits per heavy atom. The van der Waals surface area contributed by atoms with Crippen LogP contribution in [-0.2, 0) is 4.79 Å². The Hall–Kier alpha value is -0.870. The van der Waals surface area contributed by atoms with Crippen LogP contribution in [0.3, 0.4) is 0 Å². The van der Waals surface area contributed by atoms with Gasteiger partial charge >= 0.3 is 0 Å². The Morgan fingerprint density at radius 2 is 2.00 bits per heavy atom. The highest BCUT2D eigenvalue weighted by molar-refractivity contribution is 9.10. The molecule has 4 N–H and O–H groups in total. The Balaban J connectivity index is 2.71. The molecule has 0 spiro atoms. The van der Waals surface area contributed by atoms with E-state index in [1.165, 1.54) is 11.1 Å². The first-order valence-corrected chi connectivity index (χ1v) is 6.51. The number of aryl methyl sites for hydroxylation is 2. The van der Waals surface area contributed by atoms with Gasteiger partial charge in [0.15, 0.2) is 0 Å². The van der Waals surface area contributed by atoms with Crippen LogP contribution in [0.15, 0.2) is 16.6 Å². The number of carbonyl (C=O) groups excluding carboxylic acids is 1. The van der Waals surface area contributed by atoms with E-state index in [-0.39, 0.29) is 11.9 Å². The monoisotopic (exact) mass is 298 g/mol. The Bertz CT molecular complexity index is 418. The van der Waals surface area contributed by atoms with E-state index in [4.69, 9.17) is 11.5 Å². The summed E-state index contributed by atoms with van der Waals surface area (Å²) < 4.78 is 1.10. The molecule has 1 atom stereocenters. The fourth-order valence-electron chi connectivity index (χ4n) is 1.85. The number of nitrogens with two attached hydrogens (primary N) is 2. The van der Waals surface area contributed by atoms with Gasteiger partial charge in [0.2, 0.25) is 5.91 Å². The smallest absolute Gasteiger partial charge is 0.217 e. The highest BCUT2D eigenvalue weighted by Gasteiger charge is 2.11. The molecule has 3 nitrogen and oxygen atoms in total. The summed E-state index contributed by atoms with van der Waals surface area (Å²) in [7, 11) is 0. The van der Waals surface area contributed by atoms with E-state index in [9.17, 15) is 4.79 Å². The Morgan fingerprint density at radius 3 is 2.59 bits per heavy atom. The summed E-state index contributed by atoms with van der Waals surface area (Å²) in [6.07, 6.45) is 1.93. The number of hydrogen-bond donors (Lipinski definition) is 2. The average molecular weight is 299 g/mol. The standard InChI is InChI=1S/C13H19BrN2O/c1-8-7-11(14)9(2)6-10(8)12(15)4-3-5-13(16)17/h6-7,12H,3-5,15H2,1-2H3,(H2,16,17). The molecule has 0 aliphatic rings. The zero-order valence-electron chi connectivity index (χ0n) is 10.3. The predicted octanol–water partition coefficient (Wildman–Crippen LogP) is 2.72. The molecule has 0 aromatic heterocycles. The quantitative estimate of drug-likeness (QED) is 0.877. The normalized spacial score (nSPS) is 12.5. The maximum Gasteiger partial charge on any atom is 0.217 e. The molecular formula is C13H19BrN2O. The SMILES string of the molecule is Cc1cc(C(N)CCCC(N)=O)c(C)cc1Br. The van der Waals surface area contributed by atoms with Gasteiger partial charge in [0.25, 0.3) is 0 Å². The number of carbonyl (C=O) groups is 1. The molecule has 0 aliphatic heterocycles. The molecule has 1 rings (SSSR count). The Kier molecular flexibility index (Phi) is 5.15. The Labute approximate surface area is 111 Å². The van der Waals surface area contributed by atoms with Crippen LogP contribution in [0, 0.1) is 13.8 Å². The van der Waals surface area contributed by atoms with Gasteiger partial charge < -0.3 is 11.5 Å². The number of amides is 1. The van der Waals surface area contributed by atoms with Crippen molar-refractivity contribution in [3.63, 3.8) is 0 Å². The molecule has 0 saturated heterocycles. The van der Waals surface area contributed by atoms with Crippen molar-refractivity contribution in [3.8, 4) is 0 Å². The van der Waals surface area contributed by atoms with E-state index < -0.39 is 0 Å². The highest BCUT2D eigenvalue weighted by Crippen LogP contribution is 2.26. The predicted molar refractivity (Wildman–Crippen MR) is 73.6 cm³/mol. The fourth-order valence-corrected chi connectivity index (χ4v) is 2.31. The van der Waals surface area contributed by atoms with Gasteiger partial charge in [0.05, 0.1) is 0 Å². The van der Waals surface area contributed by atoms with Gasteiger partial charge in [-0.05, 0) is 49.4 Å². The summed E-state index contributed by atoms with van der Waals surface area (Å²) >= 11 is 3.50. The summed E-state index contributed by atoms with van der Waals surface area (Å²) in [6, 6.07) is 4.16. The minimum Gasteiger partial charge on any atom is -0.370 e. The lowest BCUT2D eigenvalue weighted by atomic mass is 9.96. The van der Waals surface area contributed by atoms with Crippen molar-refractivity contribution in [2.75, 3.05) is 0 Å². The van der Waals surface area contributed by atoms with Gasteiger partial charge in [-0.15, -0.1) is 0 Å². The molecule has 0 aliphatic carbocycles. The van der Waals surface area contributed by atoms with Crippen molar-refractivity contribution in [1.82, 2.24) is 0 Å². The first kappa shape index (κ1) is 14.2. The maximum atomic E-state index is 10.7. The molecular weight excluding hydrogens is 280 g/mol. The van der Waals surface area contributed by atoms with Crippen LogP contribution in [0.5, 0.6) is 0 Å². The molecule has 1 aromatic carbocycles. The third-order valence-corrected chi connectivity index (χ3v) is 3.74. The second kappa shape index (κ2) is 6.17. The minimum absolute atomic E-state index is 0.0267. The van der Waals surface area contributed by atoms with Crippen LogP contribution in [0.2, 0.25) is 0 Å². The average Bonchev–Trinajstić information content (AvgIpc) is 2.22. The molecule has 94 valence electrons. The van der Waals surface area contributed by atoms with E-state index in [2.05, 4.69) is 28.1 Å². The van der Waals surface area contributed by atoms with Gasteiger partial charge in [0, 0.05) is 16.9 Å². The summed E-state index contributed by atoms with van der Waals surface area (Å²) in [5, 5.41) is 0. The lowest BCUT2D eigenvalue weighted by Gasteiger charge is -2.16. The number of halogens is 1. The van der Waals surface area contributed by atoms with Crippen LogP contribution in [0.25, 0.3) is 0 Å². The second-order valence-electron chi connectivity index (χ2n) is 4.42. The van der Waals surface area contributed by atoms with Crippen LogP contribution >= 0.6 is 15.9 Å². The molecule has 4 heteroatoms. The molecule has 0 saturated carbocycles. The second-order valence-corrected chi connectivity index (χ2v) is 5.28. The molecule has 0 bridgehead atoms. The van der Waals surface area contributed by atoms with E-state index in [1.807, 2.05) is 13.8 Å². The van der Waals surface area contributed by atoms with E-state index >= 15 is 0 Å². The zero-order valence-corrected chi connectivity index (χ0v) is 11.9. The van der Waals surface area contributed by atoms with E-state index in [1.54, 1.807) is 0 Å². The summed E-state index contributed by atoms with van der Waals surface area (Å²) in [4.78, 5) is 10.7. The third kappa shape index (κ3) is 4.13. The van der Waals surface area contributed by atoms with Gasteiger partial charge in [-0.3, -0.25) is 4.79 Å². The summed E-state index contributed by atoms with van der Waals surface area (Å²) in [5.41, 5.74) is 14.7. The van der Waals surface area contributed by atoms with E-state index in [0.29, 0.717) is 6.42 Å². The van der Waals surface area contributed by atoms with Crippen molar-refractivity contribution in [1.29, 1.82) is 0 Å². The highest BCUT2D eigenvalue weighted by atomic mass is 79.9. The zero-order chi connectivity index (χ0) is 13.0. The fraction of sp³-hybridized carbons (Fsp3) is 0.462. The van der Waals surface area contributed by atoms with Gasteiger partial charge in [0.1, 0.15) is 0 Å². The van der Waals surface area contributed by atoms with Crippen LogP contribution in [0.1, 0.15) is 42.0 Å². The first-order valence-electron chi connectivity index (χ1n) is 5.72. The van der Waals surface area contributed by atoms with Crippen molar-refractivity contribution in [2.24, 2.45) is 11.5 Å². The van der Waals surface area contributed by atoms with Gasteiger partial charge in [-0.2, -0.15) is 0 Å². The molecule has 1 amide bonds. The van der Waals surface area contributed by atoms with Crippen molar-refractivity contribution < 1.29 is 4.79 Å². The topological polar surface area (TPSA) is 69.1 Å². The maximum absolute atomic E-state index is 10.7. The third-order valence-electron chi connectivity index (χ3n) is 2.89. The molecule has 0 fully saturated rings. The number of benzene rings is 1. The number of primary amides is 1. The van der Waals surface area contributed by atoms with Crippen molar-refractivity contribution >= 4 is 21.8 Å². The largest absolute Gasteiger partial charge is 0.370 e.